The third kappa shape index (κ3) is 6.47. The van der Waals surface area contributed by atoms with Gasteiger partial charge in [0.15, 0.2) is 0 Å². The zero-order valence-electron chi connectivity index (χ0n) is 19.8. The van der Waals surface area contributed by atoms with Crippen molar-refractivity contribution in [2.75, 3.05) is 48.2 Å². The van der Waals surface area contributed by atoms with Crippen molar-refractivity contribution in [3.8, 4) is 6.07 Å². The molecule has 0 aliphatic carbocycles. The molecule has 0 radical (unpaired) electrons. The summed E-state index contributed by atoms with van der Waals surface area (Å²) < 4.78 is 63.3. The van der Waals surface area contributed by atoms with E-state index in [1.807, 2.05) is 11.0 Å². The van der Waals surface area contributed by atoms with E-state index in [2.05, 4.69) is 9.97 Å². The smallest absolute Gasteiger partial charge is 0.352 e. The van der Waals surface area contributed by atoms with E-state index in [1.54, 1.807) is 29.2 Å². The molecule has 1 fully saturated rings. The van der Waals surface area contributed by atoms with E-state index >= 15 is 0 Å². The van der Waals surface area contributed by atoms with Gasteiger partial charge in [-0.25, -0.2) is 18.4 Å². The van der Waals surface area contributed by atoms with Crippen molar-refractivity contribution in [2.45, 2.75) is 19.0 Å². The summed E-state index contributed by atoms with van der Waals surface area (Å²) in [5.74, 6) is 0.463. The minimum Gasteiger partial charge on any atom is -0.352 e. The highest BCUT2D eigenvalue weighted by molar-refractivity contribution is 7.92. The van der Waals surface area contributed by atoms with Crippen molar-refractivity contribution in [3.63, 3.8) is 0 Å². The first-order valence-corrected chi connectivity index (χ1v) is 13.9. The Morgan fingerprint density at radius 1 is 1.16 bits per heavy atom. The van der Waals surface area contributed by atoms with Crippen molar-refractivity contribution in [1.82, 2.24) is 14.9 Å². The van der Waals surface area contributed by atoms with E-state index < -0.39 is 22.6 Å². The summed E-state index contributed by atoms with van der Waals surface area (Å²) in [4.78, 5) is 25.6. The molecule has 0 spiro atoms. The molecule has 1 aliphatic rings. The Morgan fingerprint density at radius 2 is 1.84 bits per heavy atom. The molecule has 4 rings (SSSR count). The minimum atomic E-state index is -4.30. The molecule has 37 heavy (non-hydrogen) atoms. The van der Waals surface area contributed by atoms with Crippen LogP contribution in [-0.2, 0) is 27.7 Å². The molecule has 0 unspecified atom stereocenters. The van der Waals surface area contributed by atoms with E-state index in [4.69, 9.17) is 5.26 Å². The standard InChI is InChI=1S/C23H23F3N6O3S2/c1-37(34,35)32(7-6-27)17-4-2-16(3-5-17)12-20(33)30-8-10-31(11-9-30)21-19-13-18(14-23(24,25)26)36-22(19)29-15-28-21/h2-5,13,15H,7-12,14H2,1H3. The van der Waals surface area contributed by atoms with Crippen molar-refractivity contribution in [1.29, 1.82) is 5.26 Å². The van der Waals surface area contributed by atoms with Gasteiger partial charge in [-0.1, -0.05) is 12.1 Å². The number of piperazine rings is 1. The van der Waals surface area contributed by atoms with E-state index in [-0.39, 0.29) is 23.7 Å². The van der Waals surface area contributed by atoms with Gasteiger partial charge < -0.3 is 9.80 Å². The van der Waals surface area contributed by atoms with E-state index in [0.717, 1.165) is 21.9 Å². The number of benzene rings is 1. The lowest BCUT2D eigenvalue weighted by molar-refractivity contribution is -0.130. The van der Waals surface area contributed by atoms with Crippen molar-refractivity contribution in [2.24, 2.45) is 0 Å². The molecule has 2 aromatic heterocycles. The number of rotatable bonds is 7. The topological polar surface area (TPSA) is 110 Å². The lowest BCUT2D eigenvalue weighted by Gasteiger charge is -2.35. The summed E-state index contributed by atoms with van der Waals surface area (Å²) in [5.41, 5.74) is 1.05. The van der Waals surface area contributed by atoms with Gasteiger partial charge in [-0.15, -0.1) is 11.3 Å². The molecule has 0 N–H and O–H groups in total. The fraction of sp³-hybridized carbons (Fsp3) is 0.391. The van der Waals surface area contributed by atoms with Crippen molar-refractivity contribution < 1.29 is 26.4 Å². The van der Waals surface area contributed by atoms with Crippen LogP contribution in [0.2, 0.25) is 0 Å². The number of aromatic nitrogens is 2. The average Bonchev–Trinajstić information content (AvgIpc) is 3.23. The molecule has 9 nitrogen and oxygen atoms in total. The number of hydrogen-bond acceptors (Lipinski definition) is 8. The van der Waals surface area contributed by atoms with Crippen molar-refractivity contribution in [3.05, 3.63) is 47.1 Å². The monoisotopic (exact) mass is 552 g/mol. The summed E-state index contributed by atoms with van der Waals surface area (Å²) >= 11 is 1.00. The van der Waals surface area contributed by atoms with Gasteiger partial charge in [-0.3, -0.25) is 9.10 Å². The number of hydrogen-bond donors (Lipinski definition) is 0. The molecule has 14 heteroatoms. The van der Waals surface area contributed by atoms with Crippen LogP contribution in [0.3, 0.4) is 0 Å². The maximum Gasteiger partial charge on any atom is 0.393 e. The predicted molar refractivity (Wildman–Crippen MR) is 134 cm³/mol. The second-order valence-corrected chi connectivity index (χ2v) is 11.6. The number of carbonyl (C=O) groups excluding carboxylic acids is 1. The SMILES string of the molecule is CS(=O)(=O)N(CC#N)c1ccc(CC(=O)N2CCN(c3ncnc4sc(CC(F)(F)F)cc34)CC2)cc1. The molecule has 1 saturated heterocycles. The molecule has 0 saturated carbocycles. The van der Waals surface area contributed by atoms with Crippen LogP contribution in [0.4, 0.5) is 24.7 Å². The zero-order valence-corrected chi connectivity index (χ0v) is 21.4. The van der Waals surface area contributed by atoms with Crippen LogP contribution in [0.25, 0.3) is 10.2 Å². The molecule has 0 atom stereocenters. The Morgan fingerprint density at radius 3 is 2.43 bits per heavy atom. The van der Waals surface area contributed by atoms with E-state index in [0.29, 0.717) is 53.5 Å². The van der Waals surface area contributed by atoms with Crippen LogP contribution in [-0.4, -0.2) is 74.3 Å². The molecule has 3 heterocycles. The molecule has 196 valence electrons. The van der Waals surface area contributed by atoms with Crippen molar-refractivity contribution >= 4 is 49.0 Å². The van der Waals surface area contributed by atoms with E-state index in [9.17, 15) is 26.4 Å². The molecule has 1 amide bonds. The lowest BCUT2D eigenvalue weighted by Crippen LogP contribution is -2.49. The second kappa shape index (κ2) is 10.5. The maximum absolute atomic E-state index is 12.9. The number of nitrogens with zero attached hydrogens (tertiary/aromatic N) is 6. The first-order chi connectivity index (χ1) is 17.4. The fourth-order valence-corrected chi connectivity index (χ4v) is 5.95. The molecular weight excluding hydrogens is 529 g/mol. The molecular formula is C23H23F3N6O3S2. The molecule has 1 aromatic carbocycles. The first kappa shape index (κ1) is 26.6. The summed E-state index contributed by atoms with van der Waals surface area (Å²) in [5, 5.41) is 9.48. The molecule has 1 aliphatic heterocycles. The number of sulfonamides is 1. The highest BCUT2D eigenvalue weighted by atomic mass is 32.2. The molecule has 0 bridgehead atoms. The summed E-state index contributed by atoms with van der Waals surface area (Å²) in [6.45, 7) is 1.48. The van der Waals surface area contributed by atoms with Crippen LogP contribution in [0.5, 0.6) is 0 Å². The van der Waals surface area contributed by atoms with Crippen LogP contribution >= 0.6 is 11.3 Å². The molecule has 3 aromatic rings. The lowest BCUT2D eigenvalue weighted by atomic mass is 10.1. The van der Waals surface area contributed by atoms with Gasteiger partial charge in [-0.2, -0.15) is 18.4 Å². The largest absolute Gasteiger partial charge is 0.393 e. The number of alkyl halides is 3. The minimum absolute atomic E-state index is 0.0970. The number of carbonyl (C=O) groups is 1. The Kier molecular flexibility index (Phi) is 7.56. The van der Waals surface area contributed by atoms with Gasteiger partial charge in [0.1, 0.15) is 23.5 Å². The number of anilines is 2. The number of amides is 1. The quantitative estimate of drug-likeness (QED) is 0.415. The summed E-state index contributed by atoms with van der Waals surface area (Å²) in [6.07, 6.45) is -2.83. The van der Waals surface area contributed by atoms with Gasteiger partial charge in [0, 0.05) is 31.1 Å². The summed E-state index contributed by atoms with van der Waals surface area (Å²) in [6, 6.07) is 9.76. The highest BCUT2D eigenvalue weighted by Crippen LogP contribution is 2.34. The van der Waals surface area contributed by atoms with E-state index in [1.165, 1.54) is 12.4 Å². The number of fused-ring (bicyclic) bond motifs is 1. The van der Waals surface area contributed by atoms with Gasteiger partial charge in [0.25, 0.3) is 0 Å². The van der Waals surface area contributed by atoms with Gasteiger partial charge in [-0.05, 0) is 23.8 Å². The van der Waals surface area contributed by atoms with Crippen LogP contribution in [0.15, 0.2) is 36.7 Å². The average molecular weight is 553 g/mol. The number of thiophene rings is 1. The third-order valence-electron chi connectivity index (χ3n) is 5.86. The normalized spacial score (nSPS) is 14.6. The Bertz CT molecular complexity index is 1430. The van der Waals surface area contributed by atoms with Gasteiger partial charge in [0.2, 0.25) is 15.9 Å². The maximum atomic E-state index is 12.9. The Balaban J connectivity index is 1.38. The third-order valence-corrected chi connectivity index (χ3v) is 8.04. The fourth-order valence-electron chi connectivity index (χ4n) is 4.13. The van der Waals surface area contributed by atoms with Gasteiger partial charge >= 0.3 is 6.18 Å². The van der Waals surface area contributed by atoms with Gasteiger partial charge in [0.05, 0.1) is 36.2 Å². The Hall–Kier alpha value is -3.44. The zero-order chi connectivity index (χ0) is 26.8. The Labute approximate surface area is 215 Å². The van der Waals surface area contributed by atoms with Crippen LogP contribution in [0.1, 0.15) is 10.4 Å². The first-order valence-electron chi connectivity index (χ1n) is 11.2. The van der Waals surface area contributed by atoms with Crippen LogP contribution < -0.4 is 9.21 Å². The second-order valence-electron chi connectivity index (χ2n) is 8.56. The van der Waals surface area contributed by atoms with Crippen LogP contribution in [0, 0.1) is 11.3 Å². The highest BCUT2D eigenvalue weighted by Gasteiger charge is 2.30. The number of halogens is 3. The summed E-state index contributed by atoms with van der Waals surface area (Å²) in [7, 11) is -3.61. The predicted octanol–water partition coefficient (Wildman–Crippen LogP) is 2.98. The number of nitriles is 1.